The largest absolute Gasteiger partial charge is 0.371 e. The third kappa shape index (κ3) is 2.50. The second kappa shape index (κ2) is 5.05. The van der Waals surface area contributed by atoms with Crippen molar-refractivity contribution in [3.05, 3.63) is 34.4 Å². The molecule has 2 fully saturated rings. The van der Waals surface area contributed by atoms with Gasteiger partial charge in [-0.3, -0.25) is 10.1 Å². The van der Waals surface area contributed by atoms with Crippen LogP contribution in [0.2, 0.25) is 0 Å². The molecule has 0 aliphatic carbocycles. The first kappa shape index (κ1) is 13.4. The van der Waals surface area contributed by atoms with Crippen molar-refractivity contribution in [1.82, 2.24) is 4.90 Å². The molecule has 0 aromatic heterocycles. The van der Waals surface area contributed by atoms with E-state index in [1.807, 2.05) is 12.1 Å². The maximum Gasteiger partial charge on any atom is 0.269 e. The second-order valence-electron chi connectivity index (χ2n) is 6.25. The summed E-state index contributed by atoms with van der Waals surface area (Å²) in [6.45, 7) is 4.54. The Labute approximate surface area is 119 Å². The number of piperidine rings is 1. The molecule has 0 atom stereocenters. The predicted octanol–water partition coefficient (Wildman–Crippen LogP) is 2.52. The van der Waals surface area contributed by atoms with E-state index in [9.17, 15) is 10.1 Å². The fourth-order valence-corrected chi connectivity index (χ4v) is 3.44. The number of hydrogen-bond donors (Lipinski definition) is 0. The molecule has 3 rings (SSSR count). The number of anilines is 1. The Bertz CT molecular complexity index is 492. The summed E-state index contributed by atoms with van der Waals surface area (Å²) in [5.41, 5.74) is 1.75. The van der Waals surface area contributed by atoms with Crippen molar-refractivity contribution in [2.45, 2.75) is 19.3 Å². The number of benzene rings is 1. The van der Waals surface area contributed by atoms with Crippen LogP contribution in [0.4, 0.5) is 11.4 Å². The molecular weight excluding hydrogens is 254 g/mol. The van der Waals surface area contributed by atoms with Crippen LogP contribution in [0.1, 0.15) is 19.3 Å². The zero-order valence-corrected chi connectivity index (χ0v) is 11.9. The van der Waals surface area contributed by atoms with Crippen LogP contribution < -0.4 is 4.90 Å². The zero-order chi connectivity index (χ0) is 14.2. The molecule has 0 saturated carbocycles. The van der Waals surface area contributed by atoms with Gasteiger partial charge in [-0.25, -0.2) is 0 Å². The van der Waals surface area contributed by atoms with Crippen LogP contribution in [0.3, 0.4) is 0 Å². The van der Waals surface area contributed by atoms with Crippen molar-refractivity contribution < 1.29 is 4.92 Å². The standard InChI is InChI=1S/C15H21N3O2/c1-16-9-6-15(7-10-16)8-11-17(12-15)13-2-4-14(5-3-13)18(19)20/h2-5H,6-12H2,1H3. The molecule has 5 nitrogen and oxygen atoms in total. The minimum atomic E-state index is -0.341. The summed E-state index contributed by atoms with van der Waals surface area (Å²) >= 11 is 0. The van der Waals surface area contributed by atoms with Crippen LogP contribution >= 0.6 is 0 Å². The number of likely N-dealkylation sites (tertiary alicyclic amines) is 1. The Kier molecular flexibility index (Phi) is 3.38. The SMILES string of the molecule is CN1CCC2(CC1)CCN(c1ccc([N+](=O)[O-])cc1)C2. The van der Waals surface area contributed by atoms with E-state index >= 15 is 0 Å². The van der Waals surface area contributed by atoms with E-state index in [2.05, 4.69) is 16.8 Å². The molecule has 0 bridgehead atoms. The summed E-state index contributed by atoms with van der Waals surface area (Å²) in [4.78, 5) is 15.1. The van der Waals surface area contributed by atoms with Gasteiger partial charge in [-0.1, -0.05) is 0 Å². The van der Waals surface area contributed by atoms with Gasteiger partial charge in [0.25, 0.3) is 5.69 Å². The minimum absolute atomic E-state index is 0.168. The van der Waals surface area contributed by atoms with Gasteiger partial charge >= 0.3 is 0 Å². The first-order chi connectivity index (χ1) is 9.58. The average Bonchev–Trinajstić information content (AvgIpc) is 2.87. The van der Waals surface area contributed by atoms with Gasteiger partial charge in [-0.2, -0.15) is 0 Å². The number of nitro groups is 1. The fraction of sp³-hybridized carbons (Fsp3) is 0.600. The van der Waals surface area contributed by atoms with E-state index in [1.54, 1.807) is 12.1 Å². The highest BCUT2D eigenvalue weighted by molar-refractivity contribution is 5.52. The third-order valence-electron chi connectivity index (χ3n) is 4.91. The van der Waals surface area contributed by atoms with Gasteiger partial charge in [-0.15, -0.1) is 0 Å². The molecule has 20 heavy (non-hydrogen) atoms. The highest BCUT2D eigenvalue weighted by Gasteiger charge is 2.39. The van der Waals surface area contributed by atoms with E-state index in [0.29, 0.717) is 5.41 Å². The lowest BCUT2D eigenvalue weighted by Crippen LogP contribution is -2.39. The number of nitrogens with zero attached hydrogens (tertiary/aromatic N) is 3. The molecule has 5 heteroatoms. The lowest BCUT2D eigenvalue weighted by Gasteiger charge is -2.37. The third-order valence-corrected chi connectivity index (χ3v) is 4.91. The Morgan fingerprint density at radius 2 is 1.70 bits per heavy atom. The van der Waals surface area contributed by atoms with Crippen molar-refractivity contribution in [3.63, 3.8) is 0 Å². The maximum atomic E-state index is 10.7. The van der Waals surface area contributed by atoms with Gasteiger partial charge in [0, 0.05) is 30.9 Å². The summed E-state index contributed by atoms with van der Waals surface area (Å²) in [5, 5.41) is 10.7. The molecule has 2 aliphatic rings. The van der Waals surface area contributed by atoms with E-state index in [4.69, 9.17) is 0 Å². The summed E-state index contributed by atoms with van der Waals surface area (Å²) in [5.74, 6) is 0. The lowest BCUT2D eigenvalue weighted by atomic mass is 9.78. The smallest absolute Gasteiger partial charge is 0.269 e. The van der Waals surface area contributed by atoms with Crippen molar-refractivity contribution >= 4 is 11.4 Å². The van der Waals surface area contributed by atoms with E-state index in [-0.39, 0.29) is 10.6 Å². The van der Waals surface area contributed by atoms with Crippen LogP contribution in [0, 0.1) is 15.5 Å². The van der Waals surface area contributed by atoms with Crippen LogP contribution in [-0.2, 0) is 0 Å². The van der Waals surface area contributed by atoms with Crippen molar-refractivity contribution in [1.29, 1.82) is 0 Å². The molecule has 0 radical (unpaired) electrons. The van der Waals surface area contributed by atoms with Crippen LogP contribution in [0.15, 0.2) is 24.3 Å². The van der Waals surface area contributed by atoms with E-state index in [0.717, 1.165) is 18.8 Å². The molecule has 2 aliphatic heterocycles. The van der Waals surface area contributed by atoms with Gasteiger partial charge in [0.1, 0.15) is 0 Å². The number of nitro benzene ring substituents is 1. The predicted molar refractivity (Wildman–Crippen MR) is 79.1 cm³/mol. The molecule has 2 saturated heterocycles. The quantitative estimate of drug-likeness (QED) is 0.614. The van der Waals surface area contributed by atoms with E-state index < -0.39 is 0 Å². The van der Waals surface area contributed by atoms with Crippen LogP contribution in [0.5, 0.6) is 0 Å². The molecule has 1 spiro atoms. The number of rotatable bonds is 2. The Balaban J connectivity index is 1.69. The molecule has 2 heterocycles. The van der Waals surface area contributed by atoms with Crippen molar-refractivity contribution in [2.75, 3.05) is 38.1 Å². The molecule has 1 aromatic carbocycles. The number of non-ortho nitro benzene ring substituents is 1. The Morgan fingerprint density at radius 3 is 2.30 bits per heavy atom. The lowest BCUT2D eigenvalue weighted by molar-refractivity contribution is -0.384. The Morgan fingerprint density at radius 1 is 1.10 bits per heavy atom. The molecule has 1 aromatic rings. The fourth-order valence-electron chi connectivity index (χ4n) is 3.44. The molecule has 0 amide bonds. The minimum Gasteiger partial charge on any atom is -0.371 e. The van der Waals surface area contributed by atoms with Crippen molar-refractivity contribution in [3.8, 4) is 0 Å². The van der Waals surface area contributed by atoms with Gasteiger partial charge in [0.05, 0.1) is 4.92 Å². The highest BCUT2D eigenvalue weighted by atomic mass is 16.6. The molecule has 0 unspecified atom stereocenters. The monoisotopic (exact) mass is 275 g/mol. The van der Waals surface area contributed by atoms with Gasteiger partial charge in [-0.05, 0) is 56.9 Å². The second-order valence-corrected chi connectivity index (χ2v) is 6.25. The van der Waals surface area contributed by atoms with Crippen LogP contribution in [0.25, 0.3) is 0 Å². The van der Waals surface area contributed by atoms with Gasteiger partial charge in [0.15, 0.2) is 0 Å². The molecular formula is C15H21N3O2. The molecule has 108 valence electrons. The maximum absolute atomic E-state index is 10.7. The first-order valence-corrected chi connectivity index (χ1v) is 7.26. The average molecular weight is 275 g/mol. The first-order valence-electron chi connectivity index (χ1n) is 7.26. The van der Waals surface area contributed by atoms with Gasteiger partial charge in [0.2, 0.25) is 0 Å². The summed E-state index contributed by atoms with van der Waals surface area (Å²) < 4.78 is 0. The summed E-state index contributed by atoms with van der Waals surface area (Å²) in [7, 11) is 2.19. The molecule has 0 N–H and O–H groups in total. The number of hydrogen-bond acceptors (Lipinski definition) is 4. The topological polar surface area (TPSA) is 49.6 Å². The highest BCUT2D eigenvalue weighted by Crippen LogP contribution is 2.41. The summed E-state index contributed by atoms with van der Waals surface area (Å²) in [6.07, 6.45) is 3.79. The Hall–Kier alpha value is -1.62. The summed E-state index contributed by atoms with van der Waals surface area (Å²) in [6, 6.07) is 6.97. The normalized spacial score (nSPS) is 22.4. The van der Waals surface area contributed by atoms with Crippen LogP contribution in [-0.4, -0.2) is 43.0 Å². The zero-order valence-electron chi connectivity index (χ0n) is 11.9. The van der Waals surface area contributed by atoms with E-state index in [1.165, 1.54) is 32.4 Å². The van der Waals surface area contributed by atoms with Crippen molar-refractivity contribution in [2.24, 2.45) is 5.41 Å². The van der Waals surface area contributed by atoms with Gasteiger partial charge < -0.3 is 9.80 Å².